The number of anilines is 2. The summed E-state index contributed by atoms with van der Waals surface area (Å²) in [6, 6.07) is 11.1. The van der Waals surface area contributed by atoms with Crippen molar-refractivity contribution in [3.8, 4) is 0 Å². The number of benzene rings is 2. The first-order valence-electron chi connectivity index (χ1n) is 6.85. The Hall–Kier alpha value is -2.89. The maximum absolute atomic E-state index is 12.9. The minimum absolute atomic E-state index is 0.297. The molecule has 5 nitrogen and oxygen atoms in total. The number of ether oxygens (including phenoxy) is 1. The summed E-state index contributed by atoms with van der Waals surface area (Å²) in [6.07, 6.45) is 0. The fourth-order valence-corrected chi connectivity index (χ4v) is 2.08. The van der Waals surface area contributed by atoms with Crippen LogP contribution in [0.3, 0.4) is 0 Å². The second-order valence-electron chi connectivity index (χ2n) is 4.67. The van der Waals surface area contributed by atoms with E-state index in [1.54, 1.807) is 37.3 Å². The van der Waals surface area contributed by atoms with E-state index < -0.39 is 0 Å². The molecule has 0 aliphatic carbocycles. The van der Waals surface area contributed by atoms with Gasteiger partial charge in [0.25, 0.3) is 0 Å². The molecule has 1 aromatic heterocycles. The second kappa shape index (κ2) is 5.85. The van der Waals surface area contributed by atoms with Crippen molar-refractivity contribution in [3.63, 3.8) is 0 Å². The number of aromatic nitrogens is 2. The number of carbonyl (C=O) groups excluding carboxylic acids is 1. The molecule has 0 saturated heterocycles. The standard InChI is InChI=1S/C16H14FN3O2/c1-2-22-15(21)10-3-8-13-14(9-10)20-16(19-13)18-12-6-4-11(17)5-7-12/h3-9H,2H2,1H3,(H2,18,19,20). The molecule has 0 saturated carbocycles. The lowest BCUT2D eigenvalue weighted by Crippen LogP contribution is -2.04. The highest BCUT2D eigenvalue weighted by Gasteiger charge is 2.09. The lowest BCUT2D eigenvalue weighted by Gasteiger charge is -2.01. The van der Waals surface area contributed by atoms with Crippen molar-refractivity contribution in [1.29, 1.82) is 0 Å². The van der Waals surface area contributed by atoms with E-state index in [9.17, 15) is 9.18 Å². The topological polar surface area (TPSA) is 67.0 Å². The third-order valence-electron chi connectivity index (χ3n) is 3.10. The first-order valence-corrected chi connectivity index (χ1v) is 6.85. The van der Waals surface area contributed by atoms with Crippen molar-refractivity contribution >= 4 is 28.6 Å². The summed E-state index contributed by atoms with van der Waals surface area (Å²) in [6.45, 7) is 2.09. The van der Waals surface area contributed by atoms with Gasteiger partial charge in [-0.3, -0.25) is 0 Å². The average Bonchev–Trinajstić information content (AvgIpc) is 2.91. The summed E-state index contributed by atoms with van der Waals surface area (Å²) in [4.78, 5) is 19.1. The van der Waals surface area contributed by atoms with Crippen molar-refractivity contribution in [2.45, 2.75) is 6.92 Å². The van der Waals surface area contributed by atoms with Gasteiger partial charge < -0.3 is 15.0 Å². The van der Waals surface area contributed by atoms with Gasteiger partial charge in [0.1, 0.15) is 5.82 Å². The minimum Gasteiger partial charge on any atom is -0.462 e. The summed E-state index contributed by atoms with van der Waals surface area (Å²) in [7, 11) is 0. The van der Waals surface area contributed by atoms with Crippen molar-refractivity contribution in [3.05, 3.63) is 53.8 Å². The molecule has 22 heavy (non-hydrogen) atoms. The first kappa shape index (κ1) is 14.1. The van der Waals surface area contributed by atoms with Crippen LogP contribution in [-0.4, -0.2) is 22.5 Å². The SMILES string of the molecule is CCOC(=O)c1ccc2nc(Nc3ccc(F)cc3)[nH]c2c1. The number of nitrogens with one attached hydrogen (secondary N) is 2. The van der Waals surface area contributed by atoms with Crippen LogP contribution in [-0.2, 0) is 4.74 Å². The number of carbonyl (C=O) groups is 1. The molecule has 0 unspecified atom stereocenters. The zero-order valence-corrected chi connectivity index (χ0v) is 11.9. The lowest BCUT2D eigenvalue weighted by atomic mass is 10.2. The highest BCUT2D eigenvalue weighted by Crippen LogP contribution is 2.20. The number of hydrogen-bond donors (Lipinski definition) is 2. The average molecular weight is 299 g/mol. The Morgan fingerprint density at radius 3 is 2.77 bits per heavy atom. The molecule has 3 aromatic rings. The molecular formula is C16H14FN3O2. The van der Waals surface area contributed by atoms with Crippen LogP contribution in [0.2, 0.25) is 0 Å². The van der Waals surface area contributed by atoms with E-state index in [0.717, 1.165) is 11.0 Å². The van der Waals surface area contributed by atoms with Gasteiger partial charge in [-0.05, 0) is 49.4 Å². The third-order valence-corrected chi connectivity index (χ3v) is 3.10. The van der Waals surface area contributed by atoms with Crippen molar-refractivity contribution in [2.75, 3.05) is 11.9 Å². The van der Waals surface area contributed by atoms with Crippen molar-refractivity contribution in [1.82, 2.24) is 9.97 Å². The fourth-order valence-electron chi connectivity index (χ4n) is 2.08. The Labute approximate surface area is 126 Å². The van der Waals surface area contributed by atoms with Crippen LogP contribution in [0, 0.1) is 5.82 Å². The molecule has 3 rings (SSSR count). The molecule has 0 amide bonds. The van der Waals surface area contributed by atoms with Crippen LogP contribution in [0.25, 0.3) is 11.0 Å². The molecule has 6 heteroatoms. The zero-order valence-electron chi connectivity index (χ0n) is 11.9. The number of esters is 1. The predicted octanol–water partition coefficient (Wildman–Crippen LogP) is 3.62. The number of halogens is 1. The van der Waals surface area contributed by atoms with Gasteiger partial charge in [-0.15, -0.1) is 0 Å². The maximum Gasteiger partial charge on any atom is 0.338 e. The number of fused-ring (bicyclic) bond motifs is 1. The highest BCUT2D eigenvalue weighted by atomic mass is 19.1. The number of H-pyrrole nitrogens is 1. The molecule has 0 aliphatic rings. The predicted molar refractivity (Wildman–Crippen MR) is 81.7 cm³/mol. The maximum atomic E-state index is 12.9. The van der Waals surface area contributed by atoms with Gasteiger partial charge in [-0.2, -0.15) is 0 Å². The Morgan fingerprint density at radius 2 is 2.05 bits per heavy atom. The Bertz CT molecular complexity index is 812. The van der Waals surface area contributed by atoms with Crippen LogP contribution < -0.4 is 5.32 Å². The minimum atomic E-state index is -0.368. The van der Waals surface area contributed by atoms with E-state index in [1.807, 2.05) is 0 Å². The number of aromatic amines is 1. The number of nitrogens with zero attached hydrogens (tertiary/aromatic N) is 1. The lowest BCUT2D eigenvalue weighted by molar-refractivity contribution is 0.0526. The van der Waals surface area contributed by atoms with Crippen LogP contribution in [0.4, 0.5) is 16.0 Å². The summed E-state index contributed by atoms with van der Waals surface area (Å²) in [5, 5.41) is 3.04. The van der Waals surface area contributed by atoms with Crippen molar-refractivity contribution in [2.24, 2.45) is 0 Å². The summed E-state index contributed by atoms with van der Waals surface area (Å²) < 4.78 is 17.8. The highest BCUT2D eigenvalue weighted by molar-refractivity contribution is 5.94. The van der Waals surface area contributed by atoms with E-state index in [0.29, 0.717) is 23.8 Å². The van der Waals surface area contributed by atoms with Gasteiger partial charge in [-0.1, -0.05) is 0 Å². The molecule has 2 aromatic carbocycles. The number of rotatable bonds is 4. The van der Waals surface area contributed by atoms with Gasteiger partial charge >= 0.3 is 5.97 Å². The van der Waals surface area contributed by atoms with E-state index >= 15 is 0 Å². The van der Waals surface area contributed by atoms with Gasteiger partial charge in [0.05, 0.1) is 23.2 Å². The van der Waals surface area contributed by atoms with Crippen LogP contribution >= 0.6 is 0 Å². The molecule has 0 bridgehead atoms. The molecule has 0 atom stereocenters. The van der Waals surface area contributed by atoms with Crippen molar-refractivity contribution < 1.29 is 13.9 Å². The van der Waals surface area contributed by atoms with Gasteiger partial charge in [0, 0.05) is 5.69 Å². The normalized spacial score (nSPS) is 10.6. The first-order chi connectivity index (χ1) is 10.7. The molecule has 0 fully saturated rings. The Morgan fingerprint density at radius 1 is 1.27 bits per heavy atom. The van der Waals surface area contributed by atoms with E-state index in [4.69, 9.17) is 4.74 Å². The number of hydrogen-bond acceptors (Lipinski definition) is 4. The van der Waals surface area contributed by atoms with Crippen LogP contribution in [0.5, 0.6) is 0 Å². The molecule has 0 spiro atoms. The Balaban J connectivity index is 1.86. The molecule has 112 valence electrons. The quantitative estimate of drug-likeness (QED) is 0.722. The third kappa shape index (κ3) is 2.90. The molecule has 2 N–H and O–H groups in total. The largest absolute Gasteiger partial charge is 0.462 e. The van der Waals surface area contributed by atoms with Crippen LogP contribution in [0.1, 0.15) is 17.3 Å². The Kier molecular flexibility index (Phi) is 3.74. The molecule has 1 heterocycles. The molecule has 0 radical (unpaired) electrons. The smallest absolute Gasteiger partial charge is 0.338 e. The zero-order chi connectivity index (χ0) is 15.5. The second-order valence-corrected chi connectivity index (χ2v) is 4.67. The number of imidazole rings is 1. The van der Waals surface area contributed by atoms with Gasteiger partial charge in [-0.25, -0.2) is 14.2 Å². The summed E-state index contributed by atoms with van der Waals surface area (Å²) in [5.41, 5.74) is 2.62. The molecule has 0 aliphatic heterocycles. The van der Waals surface area contributed by atoms with E-state index in [1.165, 1.54) is 12.1 Å². The van der Waals surface area contributed by atoms with E-state index in [-0.39, 0.29) is 11.8 Å². The fraction of sp³-hybridized carbons (Fsp3) is 0.125. The van der Waals surface area contributed by atoms with Gasteiger partial charge in [0.15, 0.2) is 0 Å². The summed E-state index contributed by atoms with van der Waals surface area (Å²) >= 11 is 0. The van der Waals surface area contributed by atoms with Gasteiger partial charge in [0.2, 0.25) is 5.95 Å². The van der Waals surface area contributed by atoms with Crippen LogP contribution in [0.15, 0.2) is 42.5 Å². The summed E-state index contributed by atoms with van der Waals surface area (Å²) in [5.74, 6) is -0.149. The molecular weight excluding hydrogens is 285 g/mol. The van der Waals surface area contributed by atoms with E-state index in [2.05, 4.69) is 15.3 Å². The monoisotopic (exact) mass is 299 g/mol.